The molecule has 0 aliphatic rings. The highest BCUT2D eigenvalue weighted by atomic mass is 16.1. The van der Waals surface area contributed by atoms with Gasteiger partial charge in [-0.25, -0.2) is 0 Å². The van der Waals surface area contributed by atoms with Crippen LogP contribution in [0.4, 0.5) is 0 Å². The van der Waals surface area contributed by atoms with E-state index in [1.807, 2.05) is 62.4 Å². The van der Waals surface area contributed by atoms with E-state index in [-0.39, 0.29) is 11.9 Å². The number of rotatable bonds is 5. The summed E-state index contributed by atoms with van der Waals surface area (Å²) in [5.74, 6) is -0.0419. The van der Waals surface area contributed by atoms with Gasteiger partial charge in [0.25, 0.3) is 0 Å². The molecule has 0 aliphatic carbocycles. The van der Waals surface area contributed by atoms with Crippen molar-refractivity contribution in [2.75, 3.05) is 0 Å². The second-order valence-electron chi connectivity index (χ2n) is 5.29. The summed E-state index contributed by atoms with van der Waals surface area (Å²) in [6.45, 7) is 3.98. The van der Waals surface area contributed by atoms with Crippen LogP contribution in [0.15, 0.2) is 66.7 Å². The van der Waals surface area contributed by atoms with Crippen LogP contribution in [0.5, 0.6) is 0 Å². The van der Waals surface area contributed by atoms with Crippen LogP contribution in [0, 0.1) is 0 Å². The van der Waals surface area contributed by atoms with Gasteiger partial charge in [-0.05, 0) is 37.0 Å². The van der Waals surface area contributed by atoms with Gasteiger partial charge >= 0.3 is 0 Å². The highest BCUT2D eigenvalue weighted by molar-refractivity contribution is 5.94. The summed E-state index contributed by atoms with van der Waals surface area (Å²) in [4.78, 5) is 12.0. The third-order valence-corrected chi connectivity index (χ3v) is 3.35. The minimum Gasteiger partial charge on any atom is -0.350 e. The largest absolute Gasteiger partial charge is 0.350 e. The Hall–Kier alpha value is -2.35. The second kappa shape index (κ2) is 7.44. The van der Waals surface area contributed by atoms with Gasteiger partial charge in [0.2, 0.25) is 5.91 Å². The first-order valence-corrected chi connectivity index (χ1v) is 7.23. The highest BCUT2D eigenvalue weighted by Gasteiger charge is 2.06. The molecule has 2 aromatic rings. The first-order chi connectivity index (χ1) is 10.1. The van der Waals surface area contributed by atoms with Crippen LogP contribution in [0.3, 0.4) is 0 Å². The Kier molecular flexibility index (Phi) is 5.33. The molecule has 2 rings (SSSR count). The fraction of sp³-hybridized carbons (Fsp3) is 0.211. The predicted octanol–water partition coefficient (Wildman–Crippen LogP) is 3.84. The standard InChI is InChI=1S/C19H21NO/c1-15(18-11-7-4-8-12-18)13-19(21)20-16(2)14-17-9-5-3-6-10-17/h3-13,16H,14H2,1-2H3,(H,20,21)/t16-/m1/s1. The molecular formula is C19H21NO. The average Bonchev–Trinajstić information content (AvgIpc) is 2.48. The summed E-state index contributed by atoms with van der Waals surface area (Å²) in [5, 5.41) is 3.01. The number of carbonyl (C=O) groups is 1. The molecule has 2 heteroatoms. The zero-order valence-corrected chi connectivity index (χ0v) is 12.5. The SMILES string of the molecule is CC(=CC(=O)N[C@H](C)Cc1ccccc1)c1ccccc1. The molecule has 0 unspecified atom stereocenters. The van der Waals surface area contributed by atoms with Crippen molar-refractivity contribution < 1.29 is 4.79 Å². The van der Waals surface area contributed by atoms with Crippen molar-refractivity contribution in [1.82, 2.24) is 5.32 Å². The molecule has 0 radical (unpaired) electrons. The summed E-state index contributed by atoms with van der Waals surface area (Å²) < 4.78 is 0. The van der Waals surface area contributed by atoms with Crippen molar-refractivity contribution in [3.05, 3.63) is 77.9 Å². The van der Waals surface area contributed by atoms with Gasteiger partial charge in [-0.15, -0.1) is 0 Å². The van der Waals surface area contributed by atoms with Crippen LogP contribution in [0.1, 0.15) is 25.0 Å². The number of hydrogen-bond donors (Lipinski definition) is 1. The summed E-state index contributed by atoms with van der Waals surface area (Å²) in [6, 6.07) is 20.2. The van der Waals surface area contributed by atoms with E-state index >= 15 is 0 Å². The molecule has 0 aliphatic heterocycles. The zero-order valence-electron chi connectivity index (χ0n) is 12.5. The molecular weight excluding hydrogens is 258 g/mol. The number of allylic oxidation sites excluding steroid dienone is 1. The van der Waals surface area contributed by atoms with E-state index in [4.69, 9.17) is 0 Å². The third kappa shape index (κ3) is 4.92. The van der Waals surface area contributed by atoms with Crippen molar-refractivity contribution in [3.8, 4) is 0 Å². The normalized spacial score (nSPS) is 12.8. The number of benzene rings is 2. The van der Waals surface area contributed by atoms with E-state index in [0.29, 0.717) is 0 Å². The summed E-state index contributed by atoms with van der Waals surface area (Å²) in [7, 11) is 0. The van der Waals surface area contributed by atoms with Crippen LogP contribution < -0.4 is 5.32 Å². The quantitative estimate of drug-likeness (QED) is 0.828. The van der Waals surface area contributed by atoms with Crippen LogP contribution in [0.25, 0.3) is 5.57 Å². The van der Waals surface area contributed by atoms with E-state index in [1.54, 1.807) is 6.08 Å². The van der Waals surface area contributed by atoms with E-state index < -0.39 is 0 Å². The molecule has 0 saturated carbocycles. The molecule has 2 nitrogen and oxygen atoms in total. The molecule has 0 spiro atoms. The van der Waals surface area contributed by atoms with E-state index in [1.165, 1.54) is 5.56 Å². The lowest BCUT2D eigenvalue weighted by Gasteiger charge is -2.13. The van der Waals surface area contributed by atoms with Crippen LogP contribution >= 0.6 is 0 Å². The number of nitrogens with one attached hydrogen (secondary N) is 1. The maximum absolute atomic E-state index is 12.0. The minimum atomic E-state index is -0.0419. The van der Waals surface area contributed by atoms with Crippen molar-refractivity contribution in [1.29, 1.82) is 0 Å². The van der Waals surface area contributed by atoms with Crippen LogP contribution in [0.2, 0.25) is 0 Å². The molecule has 0 heterocycles. The van der Waals surface area contributed by atoms with E-state index in [9.17, 15) is 4.79 Å². The Bertz CT molecular complexity index is 602. The lowest BCUT2D eigenvalue weighted by Crippen LogP contribution is -2.32. The van der Waals surface area contributed by atoms with Gasteiger partial charge < -0.3 is 5.32 Å². The van der Waals surface area contributed by atoms with Gasteiger partial charge in [0.15, 0.2) is 0 Å². The van der Waals surface area contributed by atoms with Crippen LogP contribution in [-0.4, -0.2) is 11.9 Å². The van der Waals surface area contributed by atoms with E-state index in [0.717, 1.165) is 17.6 Å². The average molecular weight is 279 g/mol. The first-order valence-electron chi connectivity index (χ1n) is 7.23. The summed E-state index contributed by atoms with van der Waals surface area (Å²) in [6.07, 6.45) is 2.50. The lowest BCUT2D eigenvalue weighted by molar-refractivity contribution is -0.117. The van der Waals surface area contributed by atoms with Crippen molar-refractivity contribution in [3.63, 3.8) is 0 Å². The molecule has 0 bridgehead atoms. The molecule has 21 heavy (non-hydrogen) atoms. The Balaban J connectivity index is 1.92. The molecule has 0 saturated heterocycles. The smallest absolute Gasteiger partial charge is 0.244 e. The van der Waals surface area contributed by atoms with Crippen molar-refractivity contribution in [2.45, 2.75) is 26.3 Å². The fourth-order valence-electron chi connectivity index (χ4n) is 2.28. The topological polar surface area (TPSA) is 29.1 Å². The maximum Gasteiger partial charge on any atom is 0.244 e. The Morgan fingerprint density at radius 3 is 2.24 bits per heavy atom. The molecule has 2 aromatic carbocycles. The number of carbonyl (C=O) groups excluding carboxylic acids is 1. The van der Waals surface area contributed by atoms with Gasteiger partial charge in [-0.3, -0.25) is 4.79 Å². The highest BCUT2D eigenvalue weighted by Crippen LogP contribution is 2.12. The predicted molar refractivity (Wildman–Crippen MR) is 87.8 cm³/mol. The monoisotopic (exact) mass is 279 g/mol. The fourth-order valence-corrected chi connectivity index (χ4v) is 2.28. The minimum absolute atomic E-state index is 0.0419. The first kappa shape index (κ1) is 15.0. The van der Waals surface area contributed by atoms with Gasteiger partial charge in [0, 0.05) is 12.1 Å². The second-order valence-corrected chi connectivity index (χ2v) is 5.29. The molecule has 108 valence electrons. The number of hydrogen-bond acceptors (Lipinski definition) is 1. The third-order valence-electron chi connectivity index (χ3n) is 3.35. The molecule has 1 atom stereocenters. The molecule has 1 N–H and O–H groups in total. The number of amides is 1. The maximum atomic E-state index is 12.0. The van der Waals surface area contributed by atoms with Gasteiger partial charge in [0.05, 0.1) is 0 Å². The summed E-state index contributed by atoms with van der Waals surface area (Å²) >= 11 is 0. The molecule has 1 amide bonds. The van der Waals surface area contributed by atoms with Crippen molar-refractivity contribution in [2.24, 2.45) is 0 Å². The van der Waals surface area contributed by atoms with Gasteiger partial charge in [-0.2, -0.15) is 0 Å². The van der Waals surface area contributed by atoms with E-state index in [2.05, 4.69) is 17.4 Å². The Morgan fingerprint density at radius 1 is 1.05 bits per heavy atom. The molecule has 0 aromatic heterocycles. The lowest BCUT2D eigenvalue weighted by atomic mass is 10.1. The van der Waals surface area contributed by atoms with Crippen molar-refractivity contribution >= 4 is 11.5 Å². The van der Waals surface area contributed by atoms with Gasteiger partial charge in [0.1, 0.15) is 0 Å². The van der Waals surface area contributed by atoms with Gasteiger partial charge in [-0.1, -0.05) is 60.7 Å². The Labute approximate surface area is 126 Å². The summed E-state index contributed by atoms with van der Waals surface area (Å²) in [5.41, 5.74) is 3.28. The Morgan fingerprint density at radius 2 is 1.62 bits per heavy atom. The zero-order chi connectivity index (χ0) is 15.1. The van der Waals surface area contributed by atoms with Crippen LogP contribution in [-0.2, 0) is 11.2 Å². The molecule has 0 fully saturated rings.